The first kappa shape index (κ1) is 20.6. The van der Waals surface area contributed by atoms with E-state index in [1.54, 1.807) is 16.2 Å². The summed E-state index contributed by atoms with van der Waals surface area (Å²) in [7, 11) is 0. The highest BCUT2D eigenvalue weighted by atomic mass is 32.2. The maximum atomic E-state index is 12.6. The predicted octanol–water partition coefficient (Wildman–Crippen LogP) is 4.67. The van der Waals surface area contributed by atoms with E-state index < -0.39 is 0 Å². The molecule has 27 heavy (non-hydrogen) atoms. The second-order valence-corrected chi connectivity index (χ2v) is 10.1. The maximum absolute atomic E-state index is 12.6. The Morgan fingerprint density at radius 2 is 2.11 bits per heavy atom. The van der Waals surface area contributed by atoms with E-state index in [0.717, 1.165) is 4.88 Å². The van der Waals surface area contributed by atoms with Crippen LogP contribution < -0.4 is 5.32 Å². The van der Waals surface area contributed by atoms with Gasteiger partial charge in [-0.15, -0.1) is 11.3 Å². The van der Waals surface area contributed by atoms with Crippen LogP contribution in [0, 0.1) is 11.8 Å². The molecule has 0 spiro atoms. The minimum atomic E-state index is -0.0478. The third kappa shape index (κ3) is 5.21. The van der Waals surface area contributed by atoms with Gasteiger partial charge < -0.3 is 5.32 Å². The molecule has 0 radical (unpaired) electrons. The number of hydrogen-bond donors (Lipinski definition) is 1. The van der Waals surface area contributed by atoms with Crippen LogP contribution in [-0.4, -0.2) is 33.6 Å². The first-order chi connectivity index (χ1) is 13.0. The van der Waals surface area contributed by atoms with Gasteiger partial charge in [0.1, 0.15) is 4.32 Å². The molecule has 1 saturated heterocycles. The van der Waals surface area contributed by atoms with Crippen LogP contribution in [0.1, 0.15) is 50.8 Å². The van der Waals surface area contributed by atoms with Gasteiger partial charge in [0.2, 0.25) is 5.91 Å². The zero-order chi connectivity index (χ0) is 19.4. The van der Waals surface area contributed by atoms with Gasteiger partial charge in [-0.2, -0.15) is 0 Å². The highest BCUT2D eigenvalue weighted by molar-refractivity contribution is 8.26. The molecular formula is C20H26N2O2S3. The Balaban J connectivity index is 1.48. The van der Waals surface area contributed by atoms with E-state index in [9.17, 15) is 9.59 Å². The Morgan fingerprint density at radius 1 is 1.37 bits per heavy atom. The van der Waals surface area contributed by atoms with Crippen LogP contribution in [0.2, 0.25) is 0 Å². The van der Waals surface area contributed by atoms with E-state index >= 15 is 0 Å². The first-order valence-electron chi connectivity index (χ1n) is 9.54. The average Bonchev–Trinajstić information content (AvgIpc) is 3.22. The van der Waals surface area contributed by atoms with Crippen LogP contribution in [-0.2, 0) is 9.59 Å². The fourth-order valence-corrected chi connectivity index (χ4v) is 5.85. The van der Waals surface area contributed by atoms with Crippen molar-refractivity contribution < 1.29 is 9.59 Å². The SMILES string of the molecule is CC1CCCC(C)C1NC(=O)CCCN1C(=O)/C(=C/c2cccs2)SC1=S. The van der Waals surface area contributed by atoms with Crippen molar-refractivity contribution >= 4 is 57.5 Å². The van der Waals surface area contributed by atoms with Crippen LogP contribution in [0.4, 0.5) is 0 Å². The standard InChI is InChI=1S/C20H26N2O2S3/c1-13-6-3-7-14(2)18(13)21-17(23)9-4-10-22-19(24)16(27-20(22)25)12-15-8-5-11-26-15/h5,8,11-14,18H,3-4,6-7,9-10H2,1-2H3,(H,21,23)/b16-12-. The van der Waals surface area contributed by atoms with Gasteiger partial charge in [0, 0.05) is 23.9 Å². The van der Waals surface area contributed by atoms with Crippen molar-refractivity contribution in [3.8, 4) is 0 Å². The highest BCUT2D eigenvalue weighted by Gasteiger charge is 2.32. The summed E-state index contributed by atoms with van der Waals surface area (Å²) in [6.07, 6.45) is 6.56. The summed E-state index contributed by atoms with van der Waals surface area (Å²) < 4.78 is 0.581. The van der Waals surface area contributed by atoms with E-state index in [-0.39, 0.29) is 17.9 Å². The second-order valence-electron chi connectivity index (χ2n) is 7.43. The van der Waals surface area contributed by atoms with E-state index in [4.69, 9.17) is 12.2 Å². The summed E-state index contributed by atoms with van der Waals surface area (Å²) in [5, 5.41) is 5.20. The van der Waals surface area contributed by atoms with Crippen molar-refractivity contribution in [3.63, 3.8) is 0 Å². The molecule has 0 aromatic carbocycles. The molecule has 2 amide bonds. The van der Waals surface area contributed by atoms with Gasteiger partial charge in [-0.25, -0.2) is 0 Å². The molecule has 2 heterocycles. The molecule has 1 saturated carbocycles. The third-order valence-electron chi connectivity index (χ3n) is 5.35. The molecule has 1 aromatic rings. The maximum Gasteiger partial charge on any atom is 0.266 e. The van der Waals surface area contributed by atoms with Gasteiger partial charge in [0.05, 0.1) is 4.91 Å². The summed E-state index contributed by atoms with van der Waals surface area (Å²) in [5.74, 6) is 1.10. The molecule has 0 bridgehead atoms. The smallest absolute Gasteiger partial charge is 0.266 e. The molecule has 2 aliphatic rings. The van der Waals surface area contributed by atoms with Crippen LogP contribution >= 0.6 is 35.3 Å². The zero-order valence-electron chi connectivity index (χ0n) is 15.8. The predicted molar refractivity (Wildman–Crippen MR) is 118 cm³/mol. The number of carbonyl (C=O) groups is 2. The molecule has 7 heteroatoms. The molecule has 146 valence electrons. The van der Waals surface area contributed by atoms with Crippen molar-refractivity contribution in [1.29, 1.82) is 0 Å². The molecule has 1 aliphatic carbocycles. The van der Waals surface area contributed by atoms with Gasteiger partial charge in [-0.1, -0.05) is 50.3 Å². The molecule has 1 N–H and O–H groups in total. The lowest BCUT2D eigenvalue weighted by Gasteiger charge is -2.35. The lowest BCUT2D eigenvalue weighted by molar-refractivity contribution is -0.124. The number of carbonyl (C=O) groups excluding carboxylic acids is 2. The Bertz CT molecular complexity index is 720. The van der Waals surface area contributed by atoms with Crippen molar-refractivity contribution in [3.05, 3.63) is 27.3 Å². The van der Waals surface area contributed by atoms with Crippen molar-refractivity contribution in [2.45, 2.75) is 52.0 Å². The Kier molecular flexibility index (Phi) is 7.11. The van der Waals surface area contributed by atoms with Crippen LogP contribution in [0.5, 0.6) is 0 Å². The number of rotatable bonds is 6. The van der Waals surface area contributed by atoms with Crippen molar-refractivity contribution in [2.24, 2.45) is 11.8 Å². The number of hydrogen-bond acceptors (Lipinski definition) is 5. The molecule has 2 atom stereocenters. The van der Waals surface area contributed by atoms with Crippen LogP contribution in [0.15, 0.2) is 22.4 Å². The van der Waals surface area contributed by atoms with Crippen LogP contribution in [0.3, 0.4) is 0 Å². The number of nitrogens with one attached hydrogen (secondary N) is 1. The fourth-order valence-electron chi connectivity index (χ4n) is 3.82. The van der Waals surface area contributed by atoms with Gasteiger partial charge in [-0.05, 0) is 48.6 Å². The fraction of sp³-hybridized carbons (Fsp3) is 0.550. The van der Waals surface area contributed by atoms with E-state index in [1.165, 1.54) is 31.0 Å². The molecule has 1 aliphatic heterocycles. The van der Waals surface area contributed by atoms with Gasteiger partial charge in [-0.3, -0.25) is 14.5 Å². The van der Waals surface area contributed by atoms with E-state index in [2.05, 4.69) is 19.2 Å². The number of amides is 2. The topological polar surface area (TPSA) is 49.4 Å². The first-order valence-corrected chi connectivity index (χ1v) is 11.6. The lowest BCUT2D eigenvalue weighted by Crippen LogP contribution is -2.45. The number of nitrogens with zero attached hydrogens (tertiary/aromatic N) is 1. The minimum Gasteiger partial charge on any atom is -0.353 e. The van der Waals surface area contributed by atoms with Crippen molar-refractivity contribution in [2.75, 3.05) is 6.54 Å². The van der Waals surface area contributed by atoms with Crippen LogP contribution in [0.25, 0.3) is 6.08 Å². The summed E-state index contributed by atoms with van der Waals surface area (Å²) >= 11 is 8.30. The summed E-state index contributed by atoms with van der Waals surface area (Å²) in [6.45, 7) is 4.94. The largest absolute Gasteiger partial charge is 0.353 e. The Hall–Kier alpha value is -1.18. The minimum absolute atomic E-state index is 0.0478. The highest BCUT2D eigenvalue weighted by Crippen LogP contribution is 2.33. The normalized spacial score (nSPS) is 27.4. The summed E-state index contributed by atoms with van der Waals surface area (Å²) in [6, 6.07) is 4.22. The molecule has 2 unspecified atom stereocenters. The molecular weight excluding hydrogens is 396 g/mol. The number of thiophene rings is 1. The third-order valence-corrected chi connectivity index (χ3v) is 7.55. The Morgan fingerprint density at radius 3 is 2.78 bits per heavy atom. The summed E-state index contributed by atoms with van der Waals surface area (Å²) in [5.41, 5.74) is 0. The van der Waals surface area contributed by atoms with E-state index in [1.807, 2.05) is 23.6 Å². The number of thioether (sulfide) groups is 1. The van der Waals surface area contributed by atoms with Gasteiger partial charge in [0.25, 0.3) is 5.91 Å². The van der Waals surface area contributed by atoms with Gasteiger partial charge in [0.15, 0.2) is 0 Å². The summed E-state index contributed by atoms with van der Waals surface area (Å²) in [4.78, 5) is 28.3. The van der Waals surface area contributed by atoms with Crippen molar-refractivity contribution in [1.82, 2.24) is 10.2 Å². The average molecular weight is 423 g/mol. The monoisotopic (exact) mass is 422 g/mol. The quantitative estimate of drug-likeness (QED) is 0.535. The number of thiocarbonyl (C=S) groups is 1. The Labute approximate surface area is 174 Å². The van der Waals surface area contributed by atoms with Gasteiger partial charge >= 0.3 is 0 Å². The second kappa shape index (κ2) is 9.34. The van der Waals surface area contributed by atoms with E-state index in [0.29, 0.717) is 40.4 Å². The molecule has 4 nitrogen and oxygen atoms in total. The zero-order valence-corrected chi connectivity index (χ0v) is 18.2. The lowest BCUT2D eigenvalue weighted by atomic mass is 9.78. The molecule has 2 fully saturated rings. The molecule has 1 aromatic heterocycles. The molecule has 3 rings (SSSR count).